The summed E-state index contributed by atoms with van der Waals surface area (Å²) in [6, 6.07) is 4.28. The van der Waals surface area contributed by atoms with Crippen LogP contribution in [0.15, 0.2) is 36.7 Å². The quantitative estimate of drug-likeness (QED) is 0.804. The number of rotatable bonds is 4. The average molecular weight is 314 g/mol. The molecule has 0 amide bonds. The van der Waals surface area contributed by atoms with Gasteiger partial charge in [-0.1, -0.05) is 0 Å². The van der Waals surface area contributed by atoms with Crippen LogP contribution < -0.4 is 0 Å². The molecule has 0 aliphatic rings. The van der Waals surface area contributed by atoms with E-state index in [4.69, 9.17) is 11.6 Å². The third-order valence-corrected chi connectivity index (χ3v) is 3.72. The highest BCUT2D eigenvalue weighted by molar-refractivity contribution is 6.65. The van der Waals surface area contributed by atoms with Gasteiger partial charge in [0, 0.05) is 30.1 Å². The van der Waals surface area contributed by atoms with Crippen molar-refractivity contribution in [1.82, 2.24) is 4.98 Å². The first-order valence-corrected chi connectivity index (χ1v) is 6.46. The summed E-state index contributed by atoms with van der Waals surface area (Å²) in [5.74, 6) is -3.34. The minimum absolute atomic E-state index is 0.0304. The summed E-state index contributed by atoms with van der Waals surface area (Å²) in [6.45, 7) is 1.32. The van der Waals surface area contributed by atoms with E-state index in [1.807, 2.05) is 0 Å². The molecule has 1 atom stereocenters. The van der Waals surface area contributed by atoms with Crippen LogP contribution in [-0.2, 0) is 16.6 Å². The Kier molecular flexibility index (Phi) is 4.32. The zero-order chi connectivity index (χ0) is 15.6. The Labute approximate surface area is 124 Å². The van der Waals surface area contributed by atoms with Crippen LogP contribution in [0.2, 0.25) is 0 Å². The lowest BCUT2D eigenvalue weighted by Gasteiger charge is -2.27. The van der Waals surface area contributed by atoms with Gasteiger partial charge in [0.15, 0.2) is 0 Å². The summed E-state index contributed by atoms with van der Waals surface area (Å²) < 4.78 is 41.0. The van der Waals surface area contributed by atoms with Crippen LogP contribution in [0.1, 0.15) is 18.1 Å². The number of benzene rings is 1. The Balaban J connectivity index is 2.56. The molecule has 0 bridgehead atoms. The van der Waals surface area contributed by atoms with Crippen LogP contribution in [0.3, 0.4) is 0 Å². The highest BCUT2D eigenvalue weighted by Crippen LogP contribution is 2.34. The lowest BCUT2D eigenvalue weighted by Crippen LogP contribution is -2.34. The van der Waals surface area contributed by atoms with Gasteiger partial charge in [-0.15, -0.1) is 0 Å². The topological polar surface area (TPSA) is 30.0 Å². The SMILES string of the molecule is CC(Cc1ccncc1)(C(=O)Cl)c1c(F)cc(F)cc1F. The monoisotopic (exact) mass is 313 g/mol. The molecule has 0 N–H and O–H groups in total. The van der Waals surface area contributed by atoms with Crippen molar-refractivity contribution in [3.05, 3.63) is 65.2 Å². The zero-order valence-electron chi connectivity index (χ0n) is 11.0. The Morgan fingerprint density at radius 3 is 2.19 bits per heavy atom. The van der Waals surface area contributed by atoms with Crippen molar-refractivity contribution in [1.29, 1.82) is 0 Å². The molecule has 2 rings (SSSR count). The average Bonchev–Trinajstić information content (AvgIpc) is 2.38. The lowest BCUT2D eigenvalue weighted by atomic mass is 9.78. The van der Waals surface area contributed by atoms with Gasteiger partial charge in [0.25, 0.3) is 0 Å². The van der Waals surface area contributed by atoms with Gasteiger partial charge in [0.1, 0.15) is 17.5 Å². The summed E-state index contributed by atoms with van der Waals surface area (Å²) in [7, 11) is 0. The summed E-state index contributed by atoms with van der Waals surface area (Å²) >= 11 is 5.57. The molecule has 6 heteroatoms. The fourth-order valence-electron chi connectivity index (χ4n) is 2.23. The van der Waals surface area contributed by atoms with Crippen molar-refractivity contribution in [3.8, 4) is 0 Å². The van der Waals surface area contributed by atoms with E-state index in [2.05, 4.69) is 4.98 Å². The molecule has 0 saturated heterocycles. The van der Waals surface area contributed by atoms with E-state index < -0.39 is 33.7 Å². The molecule has 0 fully saturated rings. The van der Waals surface area contributed by atoms with E-state index in [0.29, 0.717) is 17.7 Å². The minimum atomic E-state index is -1.65. The fourth-order valence-corrected chi connectivity index (χ4v) is 2.40. The zero-order valence-corrected chi connectivity index (χ0v) is 11.8. The van der Waals surface area contributed by atoms with Crippen molar-refractivity contribution < 1.29 is 18.0 Å². The second-order valence-electron chi connectivity index (χ2n) is 4.88. The predicted molar refractivity (Wildman–Crippen MR) is 72.5 cm³/mol. The normalized spacial score (nSPS) is 13.8. The van der Waals surface area contributed by atoms with Crippen LogP contribution in [0.25, 0.3) is 0 Å². The summed E-state index contributed by atoms with van der Waals surface area (Å²) in [6.07, 6.45) is 2.95. The molecule has 1 unspecified atom stereocenters. The van der Waals surface area contributed by atoms with E-state index in [9.17, 15) is 18.0 Å². The van der Waals surface area contributed by atoms with Gasteiger partial charge < -0.3 is 0 Å². The molecule has 21 heavy (non-hydrogen) atoms. The Morgan fingerprint density at radius 1 is 1.19 bits per heavy atom. The van der Waals surface area contributed by atoms with Gasteiger partial charge in [0.2, 0.25) is 5.24 Å². The van der Waals surface area contributed by atoms with Gasteiger partial charge in [0.05, 0.1) is 5.41 Å². The Hall–Kier alpha value is -1.88. The van der Waals surface area contributed by atoms with E-state index in [1.54, 1.807) is 12.1 Å². The molecule has 0 aliphatic heterocycles. The maximum atomic E-state index is 14.0. The van der Waals surface area contributed by atoms with Gasteiger partial charge in [-0.25, -0.2) is 13.2 Å². The summed E-state index contributed by atoms with van der Waals surface area (Å²) in [5.41, 5.74) is -1.56. The van der Waals surface area contributed by atoms with E-state index >= 15 is 0 Å². The third-order valence-electron chi connectivity index (χ3n) is 3.30. The van der Waals surface area contributed by atoms with Gasteiger partial charge in [-0.2, -0.15) is 0 Å². The predicted octanol–water partition coefficient (Wildman–Crippen LogP) is 3.76. The highest BCUT2D eigenvalue weighted by atomic mass is 35.5. The maximum Gasteiger partial charge on any atom is 0.232 e. The number of hydrogen-bond acceptors (Lipinski definition) is 2. The number of carbonyl (C=O) groups excluding carboxylic acids is 1. The first kappa shape index (κ1) is 15.5. The molecule has 110 valence electrons. The van der Waals surface area contributed by atoms with Gasteiger partial charge in [-0.05, 0) is 42.6 Å². The maximum absolute atomic E-state index is 14.0. The van der Waals surface area contributed by atoms with Crippen molar-refractivity contribution in [2.24, 2.45) is 0 Å². The van der Waals surface area contributed by atoms with Crippen LogP contribution in [-0.4, -0.2) is 10.2 Å². The van der Waals surface area contributed by atoms with E-state index in [0.717, 1.165) is 0 Å². The molecule has 1 aromatic heterocycles. The molecular weight excluding hydrogens is 303 g/mol. The highest BCUT2D eigenvalue weighted by Gasteiger charge is 2.39. The fraction of sp³-hybridized carbons (Fsp3) is 0.200. The van der Waals surface area contributed by atoms with Gasteiger partial charge in [-0.3, -0.25) is 9.78 Å². The second-order valence-corrected chi connectivity index (χ2v) is 5.23. The number of hydrogen-bond donors (Lipinski definition) is 0. The van der Waals surface area contributed by atoms with Crippen LogP contribution in [0, 0.1) is 17.5 Å². The van der Waals surface area contributed by atoms with Crippen LogP contribution >= 0.6 is 11.6 Å². The molecule has 2 nitrogen and oxygen atoms in total. The first-order chi connectivity index (χ1) is 9.84. The molecule has 0 saturated carbocycles. The number of aromatic nitrogens is 1. The minimum Gasteiger partial charge on any atom is -0.280 e. The van der Waals surface area contributed by atoms with E-state index in [-0.39, 0.29) is 6.42 Å². The second kappa shape index (κ2) is 5.85. The lowest BCUT2D eigenvalue weighted by molar-refractivity contribution is -0.116. The van der Waals surface area contributed by atoms with Crippen molar-refractivity contribution in [2.75, 3.05) is 0 Å². The number of pyridine rings is 1. The van der Waals surface area contributed by atoms with Crippen molar-refractivity contribution in [2.45, 2.75) is 18.8 Å². The first-order valence-electron chi connectivity index (χ1n) is 6.08. The third kappa shape index (κ3) is 3.08. The molecule has 1 heterocycles. The Morgan fingerprint density at radius 2 is 1.71 bits per heavy atom. The molecule has 0 aliphatic carbocycles. The largest absolute Gasteiger partial charge is 0.280 e. The van der Waals surface area contributed by atoms with Crippen LogP contribution in [0.4, 0.5) is 13.2 Å². The van der Waals surface area contributed by atoms with Crippen molar-refractivity contribution in [3.63, 3.8) is 0 Å². The van der Waals surface area contributed by atoms with Crippen LogP contribution in [0.5, 0.6) is 0 Å². The summed E-state index contributed by atoms with van der Waals surface area (Å²) in [4.78, 5) is 15.6. The number of nitrogens with zero attached hydrogens (tertiary/aromatic N) is 1. The standard InChI is InChI=1S/C15H11ClF3NO/c1-15(14(16)21,8-9-2-4-20-5-3-9)13-11(18)6-10(17)7-12(13)19/h2-7H,8H2,1H3. The van der Waals surface area contributed by atoms with Crippen molar-refractivity contribution >= 4 is 16.8 Å². The number of halogens is 4. The molecule has 0 spiro atoms. The molecular formula is C15H11ClF3NO. The van der Waals surface area contributed by atoms with E-state index in [1.165, 1.54) is 19.3 Å². The molecule has 0 radical (unpaired) electrons. The molecule has 2 aromatic rings. The van der Waals surface area contributed by atoms with Gasteiger partial charge >= 0.3 is 0 Å². The Bertz CT molecular complexity index is 655. The number of carbonyl (C=O) groups is 1. The summed E-state index contributed by atoms with van der Waals surface area (Å²) in [5, 5.41) is -0.927. The smallest absolute Gasteiger partial charge is 0.232 e. The molecule has 1 aromatic carbocycles.